The maximum atomic E-state index is 15.5. The van der Waals surface area contributed by atoms with E-state index in [9.17, 15) is 4.79 Å². The Labute approximate surface area is 208 Å². The first kappa shape index (κ1) is 23.7. The van der Waals surface area contributed by atoms with Crippen LogP contribution in [-0.2, 0) is 4.74 Å². The van der Waals surface area contributed by atoms with Crippen LogP contribution in [-0.4, -0.2) is 52.0 Å². The average molecular weight is 490 g/mol. The van der Waals surface area contributed by atoms with Crippen molar-refractivity contribution in [2.75, 3.05) is 25.1 Å². The molecule has 186 valence electrons. The van der Waals surface area contributed by atoms with Crippen molar-refractivity contribution in [1.82, 2.24) is 19.6 Å². The summed E-state index contributed by atoms with van der Waals surface area (Å²) in [6, 6.07) is 16.1. The minimum absolute atomic E-state index is 0.0529. The molecule has 0 amide bonds. The molecule has 8 nitrogen and oxygen atoms in total. The molecule has 5 rings (SSSR count). The highest BCUT2D eigenvalue weighted by atomic mass is 19.1. The van der Waals surface area contributed by atoms with Gasteiger partial charge in [-0.3, -0.25) is 4.79 Å². The summed E-state index contributed by atoms with van der Waals surface area (Å²) < 4.78 is 29.7. The molecular weight excluding hydrogens is 461 g/mol. The molecule has 2 unspecified atom stereocenters. The second-order valence-electron chi connectivity index (χ2n) is 8.80. The largest absolute Gasteiger partial charge is 0.491 e. The topological polar surface area (TPSA) is 74.4 Å². The Hall–Kier alpha value is -3.98. The molecule has 0 saturated carbocycles. The van der Waals surface area contributed by atoms with E-state index in [0.717, 1.165) is 17.8 Å². The van der Waals surface area contributed by atoms with Crippen molar-refractivity contribution in [1.29, 1.82) is 0 Å². The Kier molecular flexibility index (Phi) is 6.56. The number of hydrogen-bond acceptors (Lipinski definition) is 6. The minimum atomic E-state index is -0.458. The lowest BCUT2D eigenvalue weighted by atomic mass is 10.1. The lowest BCUT2D eigenvalue weighted by molar-refractivity contribution is -0.0172. The summed E-state index contributed by atoms with van der Waals surface area (Å²) in [5.74, 6) is -0.405. The van der Waals surface area contributed by atoms with E-state index in [1.807, 2.05) is 43.3 Å². The van der Waals surface area contributed by atoms with Crippen molar-refractivity contribution in [3.05, 3.63) is 83.0 Å². The van der Waals surface area contributed by atoms with Gasteiger partial charge in [0.15, 0.2) is 17.3 Å². The Morgan fingerprint density at radius 3 is 2.64 bits per heavy atom. The molecule has 0 aliphatic carbocycles. The second kappa shape index (κ2) is 9.94. The van der Waals surface area contributed by atoms with E-state index in [-0.39, 0.29) is 29.3 Å². The quantitative estimate of drug-likeness (QED) is 0.404. The van der Waals surface area contributed by atoms with Gasteiger partial charge in [-0.25, -0.2) is 13.8 Å². The SMILES string of the molecule is CCC1CN(c2ccc(-n3cc(OC)c(=O)c(-c4ccnn4-c4ccccc4)n3)c(F)c2)CC(C)O1. The van der Waals surface area contributed by atoms with Crippen molar-refractivity contribution in [3.8, 4) is 28.5 Å². The number of methoxy groups -OCH3 is 1. The molecule has 4 aromatic rings. The lowest BCUT2D eigenvalue weighted by Crippen LogP contribution is -2.46. The van der Waals surface area contributed by atoms with Gasteiger partial charge in [-0.05, 0) is 49.7 Å². The summed E-state index contributed by atoms with van der Waals surface area (Å²) >= 11 is 0. The number of nitrogens with zero attached hydrogens (tertiary/aromatic N) is 5. The summed E-state index contributed by atoms with van der Waals surface area (Å²) in [7, 11) is 1.41. The van der Waals surface area contributed by atoms with Gasteiger partial charge in [0, 0.05) is 18.8 Å². The zero-order valence-corrected chi connectivity index (χ0v) is 20.5. The molecule has 9 heteroatoms. The number of halogens is 1. The average Bonchev–Trinajstić information content (AvgIpc) is 3.39. The Balaban J connectivity index is 1.55. The zero-order valence-electron chi connectivity index (χ0n) is 20.5. The predicted octanol–water partition coefficient (Wildman–Crippen LogP) is 4.24. The van der Waals surface area contributed by atoms with Crippen LogP contribution < -0.4 is 15.1 Å². The van der Waals surface area contributed by atoms with Crippen LogP contribution in [0.3, 0.4) is 0 Å². The fourth-order valence-electron chi connectivity index (χ4n) is 4.52. The van der Waals surface area contributed by atoms with E-state index in [2.05, 4.69) is 22.0 Å². The summed E-state index contributed by atoms with van der Waals surface area (Å²) in [4.78, 5) is 15.3. The Morgan fingerprint density at radius 2 is 1.92 bits per heavy atom. The highest BCUT2D eigenvalue weighted by molar-refractivity contribution is 5.60. The van der Waals surface area contributed by atoms with Crippen LogP contribution in [0.4, 0.5) is 10.1 Å². The molecule has 1 aliphatic rings. The van der Waals surface area contributed by atoms with Crippen LogP contribution in [0.5, 0.6) is 5.75 Å². The smallest absolute Gasteiger partial charge is 0.251 e. The number of ether oxygens (including phenoxy) is 2. The number of benzene rings is 2. The minimum Gasteiger partial charge on any atom is -0.491 e. The molecule has 3 heterocycles. The van der Waals surface area contributed by atoms with Crippen molar-refractivity contribution >= 4 is 5.69 Å². The standard InChI is InChI=1S/C27H28FN5O3/c1-4-21-16-31(15-18(2)36-21)20-10-11-23(22(28)14-20)32-17-25(35-3)27(34)26(30-32)24-12-13-29-33(24)19-8-6-5-7-9-19/h5-14,17-18,21H,4,15-16H2,1-3H3. The van der Waals surface area contributed by atoms with Gasteiger partial charge in [0.25, 0.3) is 5.43 Å². The van der Waals surface area contributed by atoms with Gasteiger partial charge in [0.2, 0.25) is 0 Å². The van der Waals surface area contributed by atoms with E-state index >= 15 is 4.39 Å². The lowest BCUT2D eigenvalue weighted by Gasteiger charge is -2.38. The Morgan fingerprint density at radius 1 is 1.11 bits per heavy atom. The molecule has 1 aliphatic heterocycles. The van der Waals surface area contributed by atoms with Crippen molar-refractivity contribution in [2.45, 2.75) is 32.5 Å². The molecule has 2 atom stereocenters. The fraction of sp³-hybridized carbons (Fsp3) is 0.296. The van der Waals surface area contributed by atoms with Crippen LogP contribution in [0.25, 0.3) is 22.8 Å². The number of aromatic nitrogens is 4. The van der Waals surface area contributed by atoms with Gasteiger partial charge in [-0.1, -0.05) is 25.1 Å². The molecule has 0 bridgehead atoms. The van der Waals surface area contributed by atoms with Crippen molar-refractivity contribution in [3.63, 3.8) is 0 Å². The molecule has 36 heavy (non-hydrogen) atoms. The van der Waals surface area contributed by atoms with E-state index in [4.69, 9.17) is 9.47 Å². The molecule has 2 aromatic carbocycles. The van der Waals surface area contributed by atoms with Crippen LogP contribution in [0.1, 0.15) is 20.3 Å². The second-order valence-corrected chi connectivity index (χ2v) is 8.80. The maximum Gasteiger partial charge on any atom is 0.251 e. The molecule has 0 spiro atoms. The number of para-hydroxylation sites is 1. The van der Waals surface area contributed by atoms with Crippen molar-refractivity contribution < 1.29 is 13.9 Å². The van der Waals surface area contributed by atoms with Crippen LogP contribution in [0.2, 0.25) is 0 Å². The van der Waals surface area contributed by atoms with Gasteiger partial charge < -0.3 is 14.4 Å². The zero-order chi connectivity index (χ0) is 25.2. The summed E-state index contributed by atoms with van der Waals surface area (Å²) in [5, 5.41) is 8.87. The Bertz CT molecular complexity index is 1420. The van der Waals surface area contributed by atoms with Gasteiger partial charge >= 0.3 is 0 Å². The third-order valence-electron chi connectivity index (χ3n) is 6.32. The monoisotopic (exact) mass is 489 g/mol. The first-order chi connectivity index (χ1) is 17.5. The summed E-state index contributed by atoms with van der Waals surface area (Å²) in [6.45, 7) is 5.50. The number of hydrogen-bond donors (Lipinski definition) is 0. The first-order valence-corrected chi connectivity index (χ1v) is 12.0. The molecule has 1 saturated heterocycles. The molecule has 2 aromatic heterocycles. The highest BCUT2D eigenvalue weighted by Gasteiger charge is 2.25. The summed E-state index contributed by atoms with van der Waals surface area (Å²) in [5.41, 5.74) is 1.93. The van der Waals surface area contributed by atoms with Gasteiger partial charge in [0.05, 0.1) is 43.1 Å². The number of rotatable bonds is 6. The normalized spacial score (nSPS) is 17.8. The van der Waals surface area contributed by atoms with Gasteiger partial charge in [-0.15, -0.1) is 0 Å². The third-order valence-corrected chi connectivity index (χ3v) is 6.32. The van der Waals surface area contributed by atoms with Gasteiger partial charge in [0.1, 0.15) is 5.69 Å². The first-order valence-electron chi connectivity index (χ1n) is 12.0. The predicted molar refractivity (Wildman–Crippen MR) is 136 cm³/mol. The van der Waals surface area contributed by atoms with E-state index < -0.39 is 11.2 Å². The number of anilines is 1. The van der Waals surface area contributed by atoms with E-state index in [1.54, 1.807) is 23.0 Å². The van der Waals surface area contributed by atoms with Crippen LogP contribution in [0.15, 0.2) is 71.8 Å². The summed E-state index contributed by atoms with van der Waals surface area (Å²) in [6.07, 6.45) is 4.06. The highest BCUT2D eigenvalue weighted by Crippen LogP contribution is 2.26. The van der Waals surface area contributed by atoms with E-state index in [1.165, 1.54) is 24.1 Å². The van der Waals surface area contributed by atoms with Crippen molar-refractivity contribution in [2.24, 2.45) is 0 Å². The molecule has 0 radical (unpaired) electrons. The number of morpholine rings is 1. The molecule has 1 fully saturated rings. The van der Waals surface area contributed by atoms with Gasteiger partial charge in [-0.2, -0.15) is 10.2 Å². The third kappa shape index (κ3) is 4.49. The van der Waals surface area contributed by atoms with E-state index in [0.29, 0.717) is 18.8 Å². The fourth-order valence-corrected chi connectivity index (χ4v) is 4.52. The molecular formula is C27H28FN5O3. The molecule has 0 N–H and O–H groups in total. The van der Waals surface area contributed by atoms with Crippen LogP contribution in [0, 0.1) is 5.82 Å². The van der Waals surface area contributed by atoms with Crippen LogP contribution >= 0.6 is 0 Å². The maximum absolute atomic E-state index is 15.5.